The van der Waals surface area contributed by atoms with Crippen LogP contribution < -0.4 is 0 Å². The van der Waals surface area contributed by atoms with Gasteiger partial charge in [0.05, 0.1) is 44.5 Å². The minimum Gasteiger partial charge on any atom is -0.309 e. The number of hydrogen-bond acceptors (Lipinski definition) is 0. The van der Waals surface area contributed by atoms with Crippen molar-refractivity contribution in [3.05, 3.63) is 212 Å². The van der Waals surface area contributed by atoms with Gasteiger partial charge < -0.3 is 13.7 Å². The normalized spacial score (nSPS) is 11.9. The van der Waals surface area contributed by atoms with Crippen molar-refractivity contribution in [3.8, 4) is 39.3 Å². The van der Waals surface area contributed by atoms with E-state index < -0.39 is 0 Å². The van der Waals surface area contributed by atoms with Gasteiger partial charge in [0.1, 0.15) is 0 Å². The summed E-state index contributed by atoms with van der Waals surface area (Å²) in [4.78, 5) is 0. The van der Waals surface area contributed by atoms with E-state index in [0.29, 0.717) is 0 Å². The van der Waals surface area contributed by atoms with Crippen molar-refractivity contribution in [1.29, 1.82) is 0 Å². The Bertz CT molecular complexity index is 3470. The van der Waals surface area contributed by atoms with Crippen LogP contribution in [0.5, 0.6) is 0 Å². The van der Waals surface area contributed by atoms with Crippen LogP contribution in [0.4, 0.5) is 0 Å². The quantitative estimate of drug-likeness (QED) is 0.168. The smallest absolute Gasteiger partial charge is 0.0542 e. The lowest BCUT2D eigenvalue weighted by molar-refractivity contribution is 1.15. The van der Waals surface area contributed by atoms with Crippen LogP contribution in [-0.2, 0) is 0 Å². The Morgan fingerprint density at radius 2 is 0.614 bits per heavy atom. The first-order chi connectivity index (χ1) is 28.3. The number of fused-ring (bicyclic) bond motifs is 9. The van der Waals surface area contributed by atoms with Gasteiger partial charge >= 0.3 is 0 Å². The van der Waals surface area contributed by atoms with Gasteiger partial charge in [-0.1, -0.05) is 146 Å². The molecule has 0 saturated carbocycles. The summed E-state index contributed by atoms with van der Waals surface area (Å²) in [6, 6.07) is 77.4. The zero-order valence-corrected chi connectivity index (χ0v) is 31.0. The number of aromatic nitrogens is 3. The molecule has 3 nitrogen and oxygen atoms in total. The number of nitrogens with zero attached hydrogens (tertiary/aromatic N) is 3. The van der Waals surface area contributed by atoms with Crippen molar-refractivity contribution in [1.82, 2.24) is 13.7 Å². The predicted molar refractivity (Wildman–Crippen MR) is 240 cm³/mol. The standard InChI is InChI=1S/C54H35N3/c1-2-16-36(17-3-1)37-30-32-53-45(34-37)43-22-8-14-28-51(43)56(53)49-26-12-6-20-41(49)42-21-7-13-27-50(42)57-52-29-15-9-23-44(52)46-35-38(31-33-54(46)57)55-47-24-10-4-18-39(47)40-19-5-11-25-48(40)55/h1-35H. The van der Waals surface area contributed by atoms with Crippen LogP contribution in [-0.4, -0.2) is 13.7 Å². The summed E-state index contributed by atoms with van der Waals surface area (Å²) in [7, 11) is 0. The Labute approximate surface area is 329 Å². The predicted octanol–water partition coefficient (Wildman–Crippen LogP) is 14.3. The summed E-state index contributed by atoms with van der Waals surface area (Å²) < 4.78 is 7.33. The SMILES string of the molecule is c1ccc(-c2ccc3c(c2)c2ccccc2n3-c2ccccc2-c2ccccc2-n2c3ccccc3c3cc(-n4c5ccccc5c5ccccc54)ccc32)cc1. The summed E-state index contributed by atoms with van der Waals surface area (Å²) >= 11 is 0. The Hall–Kier alpha value is -7.62. The van der Waals surface area contributed by atoms with Crippen LogP contribution in [0.1, 0.15) is 0 Å². The third-order valence-corrected chi connectivity index (χ3v) is 11.9. The number of benzene rings is 9. The van der Waals surface area contributed by atoms with E-state index in [0.717, 1.165) is 17.1 Å². The molecule has 0 atom stereocenters. The van der Waals surface area contributed by atoms with Gasteiger partial charge in [0.15, 0.2) is 0 Å². The number of para-hydroxylation sites is 6. The van der Waals surface area contributed by atoms with Gasteiger partial charge in [-0.15, -0.1) is 0 Å². The molecule has 0 amide bonds. The maximum atomic E-state index is 2.46. The van der Waals surface area contributed by atoms with E-state index in [9.17, 15) is 0 Å². The third-order valence-electron chi connectivity index (χ3n) is 11.9. The highest BCUT2D eigenvalue weighted by Gasteiger charge is 2.21. The van der Waals surface area contributed by atoms with E-state index in [1.165, 1.54) is 87.7 Å². The molecule has 3 heterocycles. The molecular weight excluding hydrogens is 691 g/mol. The van der Waals surface area contributed by atoms with Crippen LogP contribution in [0.25, 0.3) is 105 Å². The van der Waals surface area contributed by atoms with E-state index in [-0.39, 0.29) is 0 Å². The molecule has 0 unspecified atom stereocenters. The molecule has 0 aliphatic heterocycles. The van der Waals surface area contributed by atoms with Crippen LogP contribution in [0, 0.1) is 0 Å². The van der Waals surface area contributed by atoms with Gasteiger partial charge in [-0.25, -0.2) is 0 Å². The first-order valence-electron chi connectivity index (χ1n) is 19.6. The fourth-order valence-electron chi connectivity index (χ4n) is 9.40. The summed E-state index contributed by atoms with van der Waals surface area (Å²) in [5.74, 6) is 0. The highest BCUT2D eigenvalue weighted by atomic mass is 15.0. The van der Waals surface area contributed by atoms with E-state index in [1.54, 1.807) is 0 Å². The van der Waals surface area contributed by atoms with Crippen molar-refractivity contribution >= 4 is 65.4 Å². The van der Waals surface area contributed by atoms with Gasteiger partial charge in [-0.05, 0) is 77.9 Å². The molecule has 3 heteroatoms. The van der Waals surface area contributed by atoms with Crippen molar-refractivity contribution < 1.29 is 0 Å². The lowest BCUT2D eigenvalue weighted by Gasteiger charge is -2.18. The highest BCUT2D eigenvalue weighted by Crippen LogP contribution is 2.42. The Morgan fingerprint density at radius 3 is 1.16 bits per heavy atom. The molecule has 3 aromatic heterocycles. The van der Waals surface area contributed by atoms with Crippen molar-refractivity contribution in [2.75, 3.05) is 0 Å². The second-order valence-corrected chi connectivity index (χ2v) is 14.9. The maximum Gasteiger partial charge on any atom is 0.0542 e. The van der Waals surface area contributed by atoms with E-state index in [2.05, 4.69) is 226 Å². The van der Waals surface area contributed by atoms with Crippen LogP contribution in [0.2, 0.25) is 0 Å². The minimum atomic E-state index is 1.15. The van der Waals surface area contributed by atoms with Gasteiger partial charge in [-0.3, -0.25) is 0 Å². The van der Waals surface area contributed by atoms with Crippen LogP contribution >= 0.6 is 0 Å². The molecule has 12 aromatic rings. The molecule has 0 radical (unpaired) electrons. The molecule has 12 rings (SSSR count). The molecule has 9 aromatic carbocycles. The largest absolute Gasteiger partial charge is 0.309 e. The Kier molecular flexibility index (Phi) is 6.93. The fraction of sp³-hybridized carbons (Fsp3) is 0. The highest BCUT2D eigenvalue weighted by molar-refractivity contribution is 6.13. The van der Waals surface area contributed by atoms with Crippen molar-refractivity contribution in [3.63, 3.8) is 0 Å². The lowest BCUT2D eigenvalue weighted by Crippen LogP contribution is -2.01. The topological polar surface area (TPSA) is 14.8 Å². The fourth-order valence-corrected chi connectivity index (χ4v) is 9.40. The zero-order valence-electron chi connectivity index (χ0n) is 31.0. The molecule has 0 N–H and O–H groups in total. The molecule has 57 heavy (non-hydrogen) atoms. The van der Waals surface area contributed by atoms with Gasteiger partial charge in [-0.2, -0.15) is 0 Å². The first-order valence-corrected chi connectivity index (χ1v) is 19.6. The molecule has 0 saturated heterocycles. The Balaban J connectivity index is 1.08. The van der Waals surface area contributed by atoms with E-state index in [4.69, 9.17) is 0 Å². The third kappa shape index (κ3) is 4.73. The van der Waals surface area contributed by atoms with Gasteiger partial charge in [0.2, 0.25) is 0 Å². The summed E-state index contributed by atoms with van der Waals surface area (Å²) in [5.41, 5.74) is 15.4. The molecule has 0 fully saturated rings. The number of rotatable bonds is 5. The average molecular weight is 726 g/mol. The van der Waals surface area contributed by atoms with Crippen LogP contribution in [0.15, 0.2) is 212 Å². The lowest BCUT2D eigenvalue weighted by atomic mass is 10.0. The molecule has 0 spiro atoms. The Morgan fingerprint density at radius 1 is 0.228 bits per heavy atom. The van der Waals surface area contributed by atoms with Crippen molar-refractivity contribution in [2.45, 2.75) is 0 Å². The molecule has 0 aliphatic rings. The average Bonchev–Trinajstić information content (AvgIpc) is 3.92. The monoisotopic (exact) mass is 725 g/mol. The van der Waals surface area contributed by atoms with Crippen LogP contribution in [0.3, 0.4) is 0 Å². The first kappa shape index (κ1) is 31.7. The second-order valence-electron chi connectivity index (χ2n) is 14.9. The molecule has 266 valence electrons. The van der Waals surface area contributed by atoms with Gasteiger partial charge in [0, 0.05) is 49.1 Å². The molecular formula is C54H35N3. The molecule has 0 bridgehead atoms. The van der Waals surface area contributed by atoms with Gasteiger partial charge in [0.25, 0.3) is 0 Å². The second kappa shape index (κ2) is 12.5. The summed E-state index contributed by atoms with van der Waals surface area (Å²) in [5, 5.41) is 7.48. The van der Waals surface area contributed by atoms with E-state index in [1.807, 2.05) is 0 Å². The van der Waals surface area contributed by atoms with E-state index >= 15 is 0 Å². The van der Waals surface area contributed by atoms with Crippen molar-refractivity contribution in [2.24, 2.45) is 0 Å². The molecule has 0 aliphatic carbocycles. The minimum absolute atomic E-state index is 1.15. The maximum absolute atomic E-state index is 2.46. The zero-order chi connectivity index (χ0) is 37.5. The summed E-state index contributed by atoms with van der Waals surface area (Å²) in [6.45, 7) is 0. The number of hydrogen-bond donors (Lipinski definition) is 0. The summed E-state index contributed by atoms with van der Waals surface area (Å²) in [6.07, 6.45) is 0.